The summed E-state index contributed by atoms with van der Waals surface area (Å²) in [6.45, 7) is 16.8. The Hall–Kier alpha value is -0.970. The van der Waals surface area contributed by atoms with Crippen molar-refractivity contribution in [2.45, 2.75) is 92.1 Å². The van der Waals surface area contributed by atoms with E-state index in [9.17, 15) is 14.4 Å². The summed E-state index contributed by atoms with van der Waals surface area (Å²) in [6.07, 6.45) is 17.9. The highest BCUT2D eigenvalue weighted by Crippen LogP contribution is 2.59. The fraction of sp³-hybridized carbons (Fsp3) is 0.758. The summed E-state index contributed by atoms with van der Waals surface area (Å²) in [5, 5.41) is 0. The van der Waals surface area contributed by atoms with Gasteiger partial charge < -0.3 is 14.3 Å². The van der Waals surface area contributed by atoms with Gasteiger partial charge >= 0.3 is 7.82 Å². The van der Waals surface area contributed by atoms with Crippen LogP contribution in [0.4, 0.5) is 0 Å². The van der Waals surface area contributed by atoms with Crippen molar-refractivity contribution in [1.29, 1.82) is 0 Å². The van der Waals surface area contributed by atoms with Crippen LogP contribution in [0.3, 0.4) is 0 Å². The van der Waals surface area contributed by atoms with Crippen molar-refractivity contribution in [1.82, 2.24) is 0 Å². The number of phosphoric ester groups is 1. The van der Waals surface area contributed by atoms with Crippen molar-refractivity contribution in [3.05, 3.63) is 47.6 Å². The first-order chi connectivity index (χ1) is 18.0. The summed E-state index contributed by atoms with van der Waals surface area (Å²) in [7, 11) is 1.55. The molecule has 0 saturated heterocycles. The Morgan fingerprint density at radius 2 is 1.77 bits per heavy atom. The highest BCUT2D eigenvalue weighted by Gasteiger charge is 2.50. The Bertz CT molecular complexity index is 1000. The molecule has 7 atom stereocenters. The number of hydrogen-bond acceptors (Lipinski definition) is 2. The van der Waals surface area contributed by atoms with Gasteiger partial charge in [-0.25, -0.2) is 4.57 Å². The molecule has 0 aromatic carbocycles. The second-order valence-electron chi connectivity index (χ2n) is 14.6. The van der Waals surface area contributed by atoms with Crippen molar-refractivity contribution >= 4 is 7.82 Å². The lowest BCUT2D eigenvalue weighted by Gasteiger charge is -2.44. The first-order valence-corrected chi connectivity index (χ1v) is 16.8. The largest absolute Gasteiger partial charge is 0.470 e. The maximum absolute atomic E-state index is 11.8. The average Bonchev–Trinajstić information content (AvgIpc) is 3.17. The molecule has 3 aliphatic rings. The van der Waals surface area contributed by atoms with Gasteiger partial charge in [-0.05, 0) is 97.9 Å². The minimum absolute atomic E-state index is 0.0680. The van der Waals surface area contributed by atoms with Gasteiger partial charge in [0.05, 0.1) is 21.1 Å². The van der Waals surface area contributed by atoms with Crippen LogP contribution in [0.25, 0.3) is 0 Å². The first kappa shape index (κ1) is 32.5. The van der Waals surface area contributed by atoms with E-state index in [0.29, 0.717) is 40.1 Å². The summed E-state index contributed by atoms with van der Waals surface area (Å²) < 4.78 is 17.7. The van der Waals surface area contributed by atoms with Crippen LogP contribution in [-0.2, 0) is 9.09 Å². The molecule has 5 nitrogen and oxygen atoms in total. The third kappa shape index (κ3) is 8.76. The third-order valence-electron chi connectivity index (χ3n) is 10.2. The zero-order chi connectivity index (χ0) is 29.2. The van der Waals surface area contributed by atoms with Gasteiger partial charge in [0.25, 0.3) is 0 Å². The number of allylic oxidation sites excluding steroid dienone is 7. The lowest BCUT2D eigenvalue weighted by atomic mass is 9.61. The number of hydrogen-bond donors (Lipinski definition) is 2. The predicted octanol–water partition coefficient (Wildman–Crippen LogP) is 8.08. The number of phosphoric acid groups is 1. The molecule has 1 unspecified atom stereocenters. The molecule has 0 radical (unpaired) electrons. The number of rotatable bonds is 10. The second kappa shape index (κ2) is 12.9. The molecule has 0 heterocycles. The average molecular weight is 563 g/mol. The van der Waals surface area contributed by atoms with Gasteiger partial charge in [0.1, 0.15) is 12.6 Å². The monoisotopic (exact) mass is 562 g/mol. The van der Waals surface area contributed by atoms with E-state index in [1.807, 2.05) is 21.1 Å². The Kier molecular flexibility index (Phi) is 10.8. The highest BCUT2D eigenvalue weighted by molar-refractivity contribution is 7.46. The Balaban J connectivity index is 1.78. The van der Waals surface area contributed by atoms with Crippen LogP contribution in [0, 0.1) is 40.9 Å². The molecule has 0 aromatic heterocycles. The van der Waals surface area contributed by atoms with Crippen molar-refractivity contribution in [3.63, 3.8) is 0 Å². The van der Waals surface area contributed by atoms with Crippen LogP contribution in [0.2, 0.25) is 0 Å². The van der Waals surface area contributed by atoms with Gasteiger partial charge in [0.15, 0.2) is 0 Å². The van der Waals surface area contributed by atoms with Gasteiger partial charge in [-0.2, -0.15) is 0 Å². The highest BCUT2D eigenvalue weighted by atomic mass is 31.2. The van der Waals surface area contributed by atoms with Gasteiger partial charge in [-0.3, -0.25) is 4.52 Å². The Morgan fingerprint density at radius 1 is 1.08 bits per heavy atom. The lowest BCUT2D eigenvalue weighted by molar-refractivity contribution is -0.873. The minimum atomic E-state index is -4.57. The van der Waals surface area contributed by atoms with E-state index in [1.54, 1.807) is 5.57 Å². The van der Waals surface area contributed by atoms with E-state index in [-0.39, 0.29) is 5.92 Å². The molecule has 2 N–H and O–H groups in total. The van der Waals surface area contributed by atoms with E-state index in [2.05, 4.69) is 65.5 Å². The quantitative estimate of drug-likeness (QED) is 0.160. The summed E-state index contributed by atoms with van der Waals surface area (Å²) in [5.41, 5.74) is 4.33. The molecule has 3 aliphatic carbocycles. The predicted molar refractivity (Wildman–Crippen MR) is 163 cm³/mol. The second-order valence-corrected chi connectivity index (χ2v) is 15.8. The van der Waals surface area contributed by atoms with E-state index in [1.165, 1.54) is 37.7 Å². The molecular weight excluding hydrogens is 505 g/mol. The van der Waals surface area contributed by atoms with E-state index < -0.39 is 13.9 Å². The number of likely N-dealkylation sites (N-methyl/N-ethyl adjacent to an activating group) is 1. The molecule has 3 fully saturated rings. The summed E-state index contributed by atoms with van der Waals surface area (Å²) in [4.78, 5) is 19.2. The van der Waals surface area contributed by atoms with Crippen LogP contribution in [0.15, 0.2) is 47.6 Å². The smallest absolute Gasteiger partial charge is 0.329 e. The number of nitrogens with zero attached hydrogens (tertiary/aromatic N) is 1. The van der Waals surface area contributed by atoms with Crippen LogP contribution >= 0.6 is 7.82 Å². The maximum Gasteiger partial charge on any atom is 0.470 e. The normalized spacial score (nSPS) is 33.2. The van der Waals surface area contributed by atoms with E-state index >= 15 is 0 Å². The SMILES string of the molecule is C=C1CC[C@H](C(C[N+](C)(C)C)OP(=O)(O)O)C/C1=C/C=C1\CCC[C@]2(C)[C@@H]([C@H](C)/C=C/[C@H](C)C(C)C)CC[C@@H]12. The van der Waals surface area contributed by atoms with E-state index in [4.69, 9.17) is 4.52 Å². The van der Waals surface area contributed by atoms with Crippen LogP contribution in [-0.4, -0.2) is 48.1 Å². The lowest BCUT2D eigenvalue weighted by Crippen LogP contribution is -2.45. The summed E-state index contributed by atoms with van der Waals surface area (Å²) >= 11 is 0. The number of fused-ring (bicyclic) bond motifs is 1. The van der Waals surface area contributed by atoms with Gasteiger partial charge in [-0.1, -0.05) is 76.6 Å². The molecule has 3 rings (SSSR count). The molecule has 222 valence electrons. The van der Waals surface area contributed by atoms with Gasteiger partial charge in [0.2, 0.25) is 0 Å². The third-order valence-corrected chi connectivity index (χ3v) is 10.8. The zero-order valence-corrected chi connectivity index (χ0v) is 26.9. The van der Waals surface area contributed by atoms with Crippen molar-refractivity contribution in [2.75, 3.05) is 27.7 Å². The molecule has 6 heteroatoms. The molecule has 0 spiro atoms. The summed E-state index contributed by atoms with van der Waals surface area (Å²) in [6, 6.07) is 0. The topological polar surface area (TPSA) is 66.8 Å². The van der Waals surface area contributed by atoms with Crippen LogP contribution < -0.4 is 0 Å². The molecule has 0 amide bonds. The zero-order valence-electron chi connectivity index (χ0n) is 26.0. The molecule has 0 bridgehead atoms. The van der Waals surface area contributed by atoms with Crippen molar-refractivity contribution < 1.29 is 23.4 Å². The van der Waals surface area contributed by atoms with E-state index in [0.717, 1.165) is 30.8 Å². The van der Waals surface area contributed by atoms with Crippen LogP contribution in [0.5, 0.6) is 0 Å². The van der Waals surface area contributed by atoms with Crippen molar-refractivity contribution in [3.8, 4) is 0 Å². The van der Waals surface area contributed by atoms with Gasteiger partial charge in [0, 0.05) is 0 Å². The fourth-order valence-electron chi connectivity index (χ4n) is 7.59. The molecule has 0 aromatic rings. The number of quaternary nitrogens is 1. The first-order valence-electron chi connectivity index (χ1n) is 15.3. The Morgan fingerprint density at radius 3 is 2.38 bits per heavy atom. The van der Waals surface area contributed by atoms with Crippen molar-refractivity contribution in [2.24, 2.45) is 40.9 Å². The molecule has 0 aliphatic heterocycles. The molecular formula is C33H57NO4P+. The molecule has 3 saturated carbocycles. The molecule has 39 heavy (non-hydrogen) atoms. The van der Waals surface area contributed by atoms with Gasteiger partial charge in [-0.15, -0.1) is 0 Å². The maximum atomic E-state index is 11.8. The van der Waals surface area contributed by atoms with Crippen LogP contribution in [0.1, 0.15) is 86.0 Å². The summed E-state index contributed by atoms with van der Waals surface area (Å²) in [5.74, 6) is 3.33. The Labute approximate surface area is 239 Å². The minimum Gasteiger partial charge on any atom is -0.329 e. The standard InChI is InChI=1S/C33H56NO4P/c1-23(2)24(3)12-13-26(5)30-18-19-31-27(11-10-20-33(30,31)6)16-17-28-21-29(15-14-25(28)4)32(22-34(7,8)9)38-39(35,36)37/h12-13,16-17,23-24,26,29-32H,4,10-11,14-15,18-22H2,1-3,5-9H3,(H-,35,36,37)/p+1/b13-12+,27-16+,28-17-/t24-,26+,29-,30+,31-,32?,33+/m0/s1. The fourth-order valence-corrected chi connectivity index (χ4v) is 8.19.